The Bertz CT molecular complexity index is 1110. The van der Waals surface area contributed by atoms with E-state index < -0.39 is 0 Å². The smallest absolute Gasteiger partial charge is 0.276 e. The van der Waals surface area contributed by atoms with Crippen LogP contribution >= 0.6 is 0 Å². The van der Waals surface area contributed by atoms with Crippen LogP contribution in [0.5, 0.6) is 0 Å². The molecule has 1 saturated heterocycles. The van der Waals surface area contributed by atoms with E-state index in [1.807, 2.05) is 39.9 Å². The molecule has 0 atom stereocenters. The van der Waals surface area contributed by atoms with Crippen molar-refractivity contribution in [3.8, 4) is 11.1 Å². The Morgan fingerprint density at radius 1 is 0.882 bits per heavy atom. The van der Waals surface area contributed by atoms with E-state index in [1.54, 1.807) is 6.20 Å². The van der Waals surface area contributed by atoms with Crippen molar-refractivity contribution in [3.63, 3.8) is 0 Å². The van der Waals surface area contributed by atoms with Crippen LogP contribution in [-0.2, 0) is 11.2 Å². The van der Waals surface area contributed by atoms with Gasteiger partial charge in [0.1, 0.15) is 0 Å². The molecule has 34 heavy (non-hydrogen) atoms. The second-order valence-corrected chi connectivity index (χ2v) is 9.40. The molecule has 2 amide bonds. The summed E-state index contributed by atoms with van der Waals surface area (Å²) in [5.41, 5.74) is 3.79. The number of likely N-dealkylation sites (tertiary alicyclic amines) is 1. The zero-order valence-electron chi connectivity index (χ0n) is 19.4. The van der Waals surface area contributed by atoms with E-state index in [0.29, 0.717) is 12.1 Å². The number of carbonyl (C=O) groups excluding carboxylic acids is 2. The first-order valence-corrected chi connectivity index (χ1v) is 12.3. The highest BCUT2D eigenvalue weighted by Gasteiger charge is 2.27. The highest BCUT2D eigenvalue weighted by Crippen LogP contribution is 2.28. The molecule has 5 rings (SSSR count). The molecule has 2 aromatic carbocycles. The average molecular weight is 458 g/mol. The first-order valence-electron chi connectivity index (χ1n) is 12.3. The number of rotatable bonds is 6. The number of nitrogens with zero attached hydrogens (tertiary/aromatic N) is 4. The van der Waals surface area contributed by atoms with Crippen LogP contribution in [-0.4, -0.2) is 50.8 Å². The SMILES string of the molecule is O=C(Cc1ccc(-c2ccccc2)cc1)NC1CCC(n2cc(C(=O)N3CCCC3)nn2)CC1. The Balaban J connectivity index is 1.09. The summed E-state index contributed by atoms with van der Waals surface area (Å²) >= 11 is 0. The predicted molar refractivity (Wildman–Crippen MR) is 130 cm³/mol. The summed E-state index contributed by atoms with van der Waals surface area (Å²) in [6.45, 7) is 1.63. The Hall–Kier alpha value is -3.48. The second kappa shape index (κ2) is 10.2. The highest BCUT2D eigenvalue weighted by atomic mass is 16.2. The first kappa shape index (κ1) is 22.3. The topological polar surface area (TPSA) is 80.1 Å². The lowest BCUT2D eigenvalue weighted by atomic mass is 9.91. The van der Waals surface area contributed by atoms with E-state index in [0.717, 1.165) is 62.7 Å². The van der Waals surface area contributed by atoms with Gasteiger partial charge in [0.25, 0.3) is 5.91 Å². The highest BCUT2D eigenvalue weighted by molar-refractivity contribution is 5.92. The monoisotopic (exact) mass is 457 g/mol. The fourth-order valence-corrected chi connectivity index (χ4v) is 5.03. The van der Waals surface area contributed by atoms with Gasteiger partial charge in [0, 0.05) is 19.1 Å². The number of hydrogen-bond donors (Lipinski definition) is 1. The molecule has 176 valence electrons. The standard InChI is InChI=1S/C27H31N5O2/c33-26(18-20-8-10-22(11-9-20)21-6-2-1-3-7-21)28-23-12-14-24(15-13-23)32-19-25(29-30-32)27(34)31-16-4-5-17-31/h1-3,6-11,19,23-24H,4-5,12-18H2,(H,28,33). The van der Waals surface area contributed by atoms with Crippen LogP contribution in [0.4, 0.5) is 0 Å². The molecule has 2 heterocycles. The summed E-state index contributed by atoms with van der Waals surface area (Å²) in [5.74, 6) is 0.0525. The lowest BCUT2D eigenvalue weighted by molar-refractivity contribution is -0.121. The molecule has 0 bridgehead atoms. The zero-order chi connectivity index (χ0) is 23.3. The normalized spacial score (nSPS) is 20.3. The number of hydrogen-bond acceptors (Lipinski definition) is 4. The molecule has 0 radical (unpaired) electrons. The summed E-state index contributed by atoms with van der Waals surface area (Å²) in [7, 11) is 0. The van der Waals surface area contributed by atoms with Gasteiger partial charge in [-0.2, -0.15) is 0 Å². The second-order valence-electron chi connectivity index (χ2n) is 9.40. The van der Waals surface area contributed by atoms with Crippen molar-refractivity contribution in [2.45, 2.75) is 57.0 Å². The lowest BCUT2D eigenvalue weighted by Crippen LogP contribution is -2.38. The summed E-state index contributed by atoms with van der Waals surface area (Å²) in [4.78, 5) is 27.0. The predicted octanol–water partition coefficient (Wildman–Crippen LogP) is 4.02. The fraction of sp³-hybridized carbons (Fsp3) is 0.407. The van der Waals surface area contributed by atoms with E-state index in [9.17, 15) is 9.59 Å². The van der Waals surface area contributed by atoms with Crippen molar-refractivity contribution < 1.29 is 9.59 Å². The Kier molecular flexibility index (Phi) is 6.70. The number of aromatic nitrogens is 3. The van der Waals surface area contributed by atoms with Gasteiger partial charge in [-0.05, 0) is 55.2 Å². The molecule has 1 aliphatic carbocycles. The minimum Gasteiger partial charge on any atom is -0.353 e. The Morgan fingerprint density at radius 3 is 2.26 bits per heavy atom. The van der Waals surface area contributed by atoms with Crippen LogP contribution in [0.2, 0.25) is 0 Å². The Labute approximate surface area is 200 Å². The van der Waals surface area contributed by atoms with Crippen LogP contribution in [0.3, 0.4) is 0 Å². The van der Waals surface area contributed by atoms with Crippen molar-refractivity contribution in [1.82, 2.24) is 25.2 Å². The van der Waals surface area contributed by atoms with E-state index in [1.165, 1.54) is 5.56 Å². The molecule has 7 nitrogen and oxygen atoms in total. The fourth-order valence-electron chi connectivity index (χ4n) is 5.03. The van der Waals surface area contributed by atoms with Crippen molar-refractivity contribution in [2.75, 3.05) is 13.1 Å². The third-order valence-corrected chi connectivity index (χ3v) is 6.98. The van der Waals surface area contributed by atoms with Gasteiger partial charge in [-0.25, -0.2) is 4.68 Å². The minimum atomic E-state index is -0.0125. The molecular weight excluding hydrogens is 426 g/mol. The summed E-state index contributed by atoms with van der Waals surface area (Å²) < 4.78 is 1.84. The molecule has 1 N–H and O–H groups in total. The van der Waals surface area contributed by atoms with E-state index in [2.05, 4.69) is 39.9 Å². The Morgan fingerprint density at radius 2 is 1.56 bits per heavy atom. The third-order valence-electron chi connectivity index (χ3n) is 6.98. The first-order chi connectivity index (χ1) is 16.7. The summed E-state index contributed by atoms with van der Waals surface area (Å²) in [6.07, 6.45) is 7.94. The van der Waals surface area contributed by atoms with Gasteiger partial charge in [0.05, 0.1) is 18.7 Å². The van der Waals surface area contributed by atoms with E-state index >= 15 is 0 Å². The van der Waals surface area contributed by atoms with E-state index in [4.69, 9.17) is 0 Å². The maximum Gasteiger partial charge on any atom is 0.276 e. The number of nitrogens with one attached hydrogen (secondary N) is 1. The molecule has 2 fully saturated rings. The number of amides is 2. The van der Waals surface area contributed by atoms with Crippen LogP contribution < -0.4 is 5.32 Å². The summed E-state index contributed by atoms with van der Waals surface area (Å²) in [5, 5.41) is 11.6. The van der Waals surface area contributed by atoms with Crippen LogP contribution in [0.25, 0.3) is 11.1 Å². The van der Waals surface area contributed by atoms with Gasteiger partial charge in [-0.15, -0.1) is 5.10 Å². The van der Waals surface area contributed by atoms with Crippen molar-refractivity contribution in [1.29, 1.82) is 0 Å². The molecule has 1 aromatic heterocycles. The molecule has 7 heteroatoms. The minimum absolute atomic E-state index is 0.0125. The van der Waals surface area contributed by atoms with Crippen molar-refractivity contribution in [2.24, 2.45) is 0 Å². The zero-order valence-corrected chi connectivity index (χ0v) is 19.4. The third kappa shape index (κ3) is 5.19. The number of carbonyl (C=O) groups is 2. The quantitative estimate of drug-likeness (QED) is 0.606. The molecular formula is C27H31N5O2. The molecule has 3 aromatic rings. The lowest BCUT2D eigenvalue weighted by Gasteiger charge is -2.29. The molecule has 2 aliphatic rings. The molecule has 0 unspecified atom stereocenters. The van der Waals surface area contributed by atoms with Crippen LogP contribution in [0.15, 0.2) is 60.8 Å². The van der Waals surface area contributed by atoms with Crippen molar-refractivity contribution >= 4 is 11.8 Å². The largest absolute Gasteiger partial charge is 0.353 e. The van der Waals surface area contributed by atoms with Gasteiger partial charge in [-0.1, -0.05) is 59.8 Å². The van der Waals surface area contributed by atoms with Crippen LogP contribution in [0.1, 0.15) is 60.6 Å². The van der Waals surface area contributed by atoms with E-state index in [-0.39, 0.29) is 23.9 Å². The molecule has 1 saturated carbocycles. The van der Waals surface area contributed by atoms with Crippen molar-refractivity contribution in [3.05, 3.63) is 72.1 Å². The van der Waals surface area contributed by atoms with Gasteiger partial charge < -0.3 is 10.2 Å². The maximum absolute atomic E-state index is 12.6. The van der Waals surface area contributed by atoms with Gasteiger partial charge >= 0.3 is 0 Å². The van der Waals surface area contributed by atoms with Gasteiger partial charge in [0.2, 0.25) is 5.91 Å². The maximum atomic E-state index is 12.6. The van der Waals surface area contributed by atoms with Gasteiger partial charge in [-0.3, -0.25) is 9.59 Å². The summed E-state index contributed by atoms with van der Waals surface area (Å²) in [6, 6.07) is 18.9. The van der Waals surface area contributed by atoms with Gasteiger partial charge in [0.15, 0.2) is 5.69 Å². The number of benzene rings is 2. The molecule has 1 aliphatic heterocycles. The molecule has 0 spiro atoms. The average Bonchev–Trinajstić information content (AvgIpc) is 3.58. The van der Waals surface area contributed by atoms with Crippen LogP contribution in [0, 0.1) is 0 Å².